The number of hydrogen-bond acceptors (Lipinski definition) is 3. The number of likely N-dealkylation sites (tertiary alicyclic amines) is 1. The summed E-state index contributed by atoms with van der Waals surface area (Å²) in [4.78, 5) is 2.53. The predicted molar refractivity (Wildman–Crippen MR) is 75.0 cm³/mol. The van der Waals surface area contributed by atoms with Gasteiger partial charge in [-0.2, -0.15) is 0 Å². The lowest BCUT2D eigenvalue weighted by Gasteiger charge is -2.29. The standard InChI is InChI=1S/C15H24N2O/c1-18-15-6-4-13(5-7-15)3-2-10-17-11-8-14(16)9-12-17/h4-7,14H,2-3,8-12,16H2,1H3. The van der Waals surface area contributed by atoms with Crippen molar-refractivity contribution in [2.75, 3.05) is 26.7 Å². The number of aryl methyl sites for hydroxylation is 1. The van der Waals surface area contributed by atoms with E-state index in [0.29, 0.717) is 6.04 Å². The second kappa shape index (κ2) is 6.76. The van der Waals surface area contributed by atoms with Crippen LogP contribution >= 0.6 is 0 Å². The maximum absolute atomic E-state index is 5.91. The Hall–Kier alpha value is -1.06. The van der Waals surface area contributed by atoms with Crippen molar-refractivity contribution in [2.45, 2.75) is 31.7 Å². The summed E-state index contributed by atoms with van der Waals surface area (Å²) in [6.45, 7) is 3.53. The molecule has 18 heavy (non-hydrogen) atoms. The topological polar surface area (TPSA) is 38.5 Å². The molecule has 1 heterocycles. The van der Waals surface area contributed by atoms with Crippen molar-refractivity contribution in [3.05, 3.63) is 29.8 Å². The first-order valence-electron chi connectivity index (χ1n) is 6.89. The summed E-state index contributed by atoms with van der Waals surface area (Å²) in [6.07, 6.45) is 4.68. The number of benzene rings is 1. The highest BCUT2D eigenvalue weighted by Crippen LogP contribution is 2.14. The molecule has 2 N–H and O–H groups in total. The van der Waals surface area contributed by atoms with E-state index in [9.17, 15) is 0 Å². The zero-order chi connectivity index (χ0) is 12.8. The summed E-state index contributed by atoms with van der Waals surface area (Å²) in [5, 5.41) is 0. The van der Waals surface area contributed by atoms with Crippen LogP contribution in [0, 0.1) is 0 Å². The van der Waals surface area contributed by atoms with Gasteiger partial charge in [-0.15, -0.1) is 0 Å². The number of nitrogens with zero attached hydrogens (tertiary/aromatic N) is 1. The molecule has 0 unspecified atom stereocenters. The Kier molecular flexibility index (Phi) is 5.02. The number of hydrogen-bond donors (Lipinski definition) is 1. The van der Waals surface area contributed by atoms with Gasteiger partial charge in [-0.05, 0) is 63.0 Å². The fraction of sp³-hybridized carbons (Fsp3) is 0.600. The van der Waals surface area contributed by atoms with Crippen molar-refractivity contribution >= 4 is 0 Å². The SMILES string of the molecule is COc1ccc(CCCN2CCC(N)CC2)cc1. The van der Waals surface area contributed by atoms with E-state index in [1.54, 1.807) is 7.11 Å². The summed E-state index contributed by atoms with van der Waals surface area (Å²) in [5.74, 6) is 0.934. The maximum Gasteiger partial charge on any atom is 0.118 e. The molecule has 0 amide bonds. The highest BCUT2D eigenvalue weighted by atomic mass is 16.5. The number of piperidine rings is 1. The third-order valence-corrected chi connectivity index (χ3v) is 3.73. The average Bonchev–Trinajstić information content (AvgIpc) is 2.42. The van der Waals surface area contributed by atoms with E-state index in [4.69, 9.17) is 10.5 Å². The van der Waals surface area contributed by atoms with Crippen molar-refractivity contribution in [3.63, 3.8) is 0 Å². The van der Waals surface area contributed by atoms with E-state index in [-0.39, 0.29) is 0 Å². The number of methoxy groups -OCH3 is 1. The van der Waals surface area contributed by atoms with Gasteiger partial charge in [0, 0.05) is 6.04 Å². The minimum atomic E-state index is 0.433. The monoisotopic (exact) mass is 248 g/mol. The van der Waals surface area contributed by atoms with E-state index < -0.39 is 0 Å². The second-order valence-corrected chi connectivity index (χ2v) is 5.13. The first-order valence-corrected chi connectivity index (χ1v) is 6.89. The van der Waals surface area contributed by atoms with Gasteiger partial charge < -0.3 is 15.4 Å². The Morgan fingerprint density at radius 1 is 1.22 bits per heavy atom. The van der Waals surface area contributed by atoms with Crippen LogP contribution in [0.5, 0.6) is 5.75 Å². The molecule has 100 valence electrons. The van der Waals surface area contributed by atoms with E-state index in [1.165, 1.54) is 31.6 Å². The average molecular weight is 248 g/mol. The smallest absolute Gasteiger partial charge is 0.118 e. The molecule has 1 aromatic rings. The van der Waals surface area contributed by atoms with Crippen LogP contribution in [-0.4, -0.2) is 37.7 Å². The number of nitrogens with two attached hydrogens (primary N) is 1. The minimum Gasteiger partial charge on any atom is -0.497 e. The Labute approximate surface area is 110 Å². The highest BCUT2D eigenvalue weighted by molar-refractivity contribution is 5.27. The van der Waals surface area contributed by atoms with Gasteiger partial charge in [0.2, 0.25) is 0 Å². The number of rotatable bonds is 5. The summed E-state index contributed by atoms with van der Waals surface area (Å²) >= 11 is 0. The normalized spacial score (nSPS) is 17.9. The van der Waals surface area contributed by atoms with Crippen molar-refractivity contribution in [1.82, 2.24) is 4.90 Å². The Balaban J connectivity index is 1.68. The van der Waals surface area contributed by atoms with Crippen molar-refractivity contribution < 1.29 is 4.74 Å². The molecule has 1 aliphatic heterocycles. The van der Waals surface area contributed by atoms with E-state index in [0.717, 1.165) is 25.0 Å². The molecular formula is C15H24N2O. The molecule has 0 spiro atoms. The fourth-order valence-corrected chi connectivity index (χ4v) is 2.48. The van der Waals surface area contributed by atoms with Gasteiger partial charge in [0.05, 0.1) is 7.11 Å². The van der Waals surface area contributed by atoms with Crippen LogP contribution in [-0.2, 0) is 6.42 Å². The Morgan fingerprint density at radius 2 is 1.89 bits per heavy atom. The van der Waals surface area contributed by atoms with E-state index in [2.05, 4.69) is 17.0 Å². The zero-order valence-corrected chi connectivity index (χ0v) is 11.3. The van der Waals surface area contributed by atoms with Crippen LogP contribution in [0.3, 0.4) is 0 Å². The van der Waals surface area contributed by atoms with E-state index >= 15 is 0 Å². The summed E-state index contributed by atoms with van der Waals surface area (Å²) in [5.41, 5.74) is 7.30. The van der Waals surface area contributed by atoms with Crippen molar-refractivity contribution in [3.8, 4) is 5.75 Å². The van der Waals surface area contributed by atoms with Gasteiger partial charge in [-0.3, -0.25) is 0 Å². The van der Waals surface area contributed by atoms with Crippen molar-refractivity contribution in [1.29, 1.82) is 0 Å². The number of ether oxygens (including phenoxy) is 1. The van der Waals surface area contributed by atoms with Gasteiger partial charge in [0.15, 0.2) is 0 Å². The molecule has 0 atom stereocenters. The predicted octanol–water partition coefficient (Wildman–Crippen LogP) is 2.05. The molecule has 3 heteroatoms. The molecule has 0 bridgehead atoms. The summed E-state index contributed by atoms with van der Waals surface area (Å²) in [7, 11) is 1.70. The lowest BCUT2D eigenvalue weighted by Crippen LogP contribution is -2.40. The molecule has 0 aromatic heterocycles. The first-order chi connectivity index (χ1) is 8.78. The van der Waals surface area contributed by atoms with Crippen LogP contribution in [0.4, 0.5) is 0 Å². The van der Waals surface area contributed by atoms with Crippen LogP contribution in [0.1, 0.15) is 24.8 Å². The van der Waals surface area contributed by atoms with Gasteiger partial charge in [0.25, 0.3) is 0 Å². The first kappa shape index (κ1) is 13.4. The molecule has 1 aliphatic rings. The van der Waals surface area contributed by atoms with E-state index in [1.807, 2.05) is 12.1 Å². The summed E-state index contributed by atoms with van der Waals surface area (Å²) < 4.78 is 5.16. The fourth-order valence-electron chi connectivity index (χ4n) is 2.48. The van der Waals surface area contributed by atoms with Gasteiger partial charge >= 0.3 is 0 Å². The quantitative estimate of drug-likeness (QED) is 0.866. The van der Waals surface area contributed by atoms with Gasteiger partial charge in [0.1, 0.15) is 5.75 Å². The lowest BCUT2D eigenvalue weighted by atomic mass is 10.0. The van der Waals surface area contributed by atoms with Crippen LogP contribution in [0.25, 0.3) is 0 Å². The molecular weight excluding hydrogens is 224 g/mol. The largest absolute Gasteiger partial charge is 0.497 e. The molecule has 1 aromatic carbocycles. The summed E-state index contributed by atoms with van der Waals surface area (Å²) in [6, 6.07) is 8.82. The molecule has 0 aliphatic carbocycles. The third-order valence-electron chi connectivity index (χ3n) is 3.73. The second-order valence-electron chi connectivity index (χ2n) is 5.13. The zero-order valence-electron chi connectivity index (χ0n) is 11.3. The minimum absolute atomic E-state index is 0.433. The molecule has 1 saturated heterocycles. The highest BCUT2D eigenvalue weighted by Gasteiger charge is 2.14. The molecule has 2 rings (SSSR count). The lowest BCUT2D eigenvalue weighted by molar-refractivity contribution is 0.211. The Bertz CT molecular complexity index is 342. The molecule has 0 radical (unpaired) electrons. The molecule has 3 nitrogen and oxygen atoms in total. The Morgan fingerprint density at radius 3 is 2.50 bits per heavy atom. The van der Waals surface area contributed by atoms with Gasteiger partial charge in [-0.1, -0.05) is 12.1 Å². The van der Waals surface area contributed by atoms with Gasteiger partial charge in [-0.25, -0.2) is 0 Å². The molecule has 1 fully saturated rings. The van der Waals surface area contributed by atoms with Crippen LogP contribution < -0.4 is 10.5 Å². The van der Waals surface area contributed by atoms with Crippen LogP contribution in [0.2, 0.25) is 0 Å². The molecule has 0 saturated carbocycles. The van der Waals surface area contributed by atoms with Crippen molar-refractivity contribution in [2.24, 2.45) is 5.73 Å². The van der Waals surface area contributed by atoms with Crippen LogP contribution in [0.15, 0.2) is 24.3 Å². The third kappa shape index (κ3) is 4.00. The maximum atomic E-state index is 5.91.